The highest BCUT2D eigenvalue weighted by Crippen LogP contribution is 2.25. The van der Waals surface area contributed by atoms with E-state index in [0.29, 0.717) is 0 Å². The quantitative estimate of drug-likeness (QED) is 0.905. The lowest BCUT2D eigenvalue weighted by molar-refractivity contribution is 0.0939. The first kappa shape index (κ1) is 13.9. The number of aryl methyl sites for hydroxylation is 3. The van der Waals surface area contributed by atoms with Crippen LogP contribution in [0.5, 0.6) is 0 Å². The number of carbonyl (C=O) groups is 1. The Morgan fingerprint density at radius 3 is 2.67 bits per heavy atom. The zero-order valence-corrected chi connectivity index (χ0v) is 12.6. The topological polar surface area (TPSA) is 29.1 Å². The fraction of sp³-hybridized carbons (Fsp3) is 0.316. The van der Waals surface area contributed by atoms with Crippen LogP contribution in [0, 0.1) is 6.92 Å². The molecular formula is C19H21NO. The van der Waals surface area contributed by atoms with Crippen molar-refractivity contribution in [2.24, 2.45) is 0 Å². The van der Waals surface area contributed by atoms with E-state index in [-0.39, 0.29) is 11.9 Å². The lowest BCUT2D eigenvalue weighted by atomic mass is 10.0. The molecular weight excluding hydrogens is 258 g/mol. The van der Waals surface area contributed by atoms with Gasteiger partial charge < -0.3 is 5.32 Å². The molecule has 0 heterocycles. The van der Waals surface area contributed by atoms with Crippen LogP contribution in [0.25, 0.3) is 0 Å². The lowest BCUT2D eigenvalue weighted by Crippen LogP contribution is -2.27. The van der Waals surface area contributed by atoms with Crippen molar-refractivity contribution in [2.75, 3.05) is 0 Å². The normalized spacial score (nSPS) is 14.6. The van der Waals surface area contributed by atoms with E-state index in [2.05, 4.69) is 23.5 Å². The molecule has 0 bridgehead atoms. The molecule has 2 nitrogen and oxygen atoms in total. The largest absolute Gasteiger partial charge is 0.346 e. The molecule has 2 aromatic carbocycles. The molecule has 0 spiro atoms. The van der Waals surface area contributed by atoms with E-state index in [1.165, 1.54) is 36.0 Å². The SMILES string of the molecule is Cc1ccccc1C(=O)N[C@@H](C)c1ccc2c(c1)CCC2. The molecule has 108 valence electrons. The maximum Gasteiger partial charge on any atom is 0.252 e. The number of amides is 1. The van der Waals surface area contributed by atoms with E-state index in [9.17, 15) is 4.79 Å². The molecule has 0 saturated heterocycles. The van der Waals surface area contributed by atoms with Gasteiger partial charge in [0, 0.05) is 5.56 Å². The van der Waals surface area contributed by atoms with Crippen LogP contribution in [-0.2, 0) is 12.8 Å². The predicted molar refractivity (Wildman–Crippen MR) is 85.5 cm³/mol. The third-order valence-electron chi connectivity index (χ3n) is 4.36. The molecule has 1 amide bonds. The molecule has 1 aliphatic rings. The Bertz CT molecular complexity index is 675. The van der Waals surface area contributed by atoms with Gasteiger partial charge in [-0.05, 0) is 61.4 Å². The van der Waals surface area contributed by atoms with Gasteiger partial charge in [0.15, 0.2) is 0 Å². The highest BCUT2D eigenvalue weighted by Gasteiger charge is 2.16. The predicted octanol–water partition coefficient (Wildman–Crippen LogP) is 3.97. The van der Waals surface area contributed by atoms with Crippen LogP contribution in [0.1, 0.15) is 52.0 Å². The smallest absolute Gasteiger partial charge is 0.252 e. The molecule has 2 aromatic rings. The summed E-state index contributed by atoms with van der Waals surface area (Å²) in [5.74, 6) is 0.00102. The Kier molecular flexibility index (Phi) is 3.78. The van der Waals surface area contributed by atoms with Crippen molar-refractivity contribution in [2.45, 2.75) is 39.2 Å². The van der Waals surface area contributed by atoms with Gasteiger partial charge in [0.2, 0.25) is 0 Å². The summed E-state index contributed by atoms with van der Waals surface area (Å²) in [5.41, 5.74) is 5.87. The van der Waals surface area contributed by atoms with Crippen molar-refractivity contribution in [3.63, 3.8) is 0 Å². The second-order valence-corrected chi connectivity index (χ2v) is 5.89. The summed E-state index contributed by atoms with van der Waals surface area (Å²) in [6.07, 6.45) is 3.62. The van der Waals surface area contributed by atoms with Gasteiger partial charge in [-0.25, -0.2) is 0 Å². The van der Waals surface area contributed by atoms with E-state index in [0.717, 1.165) is 11.1 Å². The van der Waals surface area contributed by atoms with Gasteiger partial charge in [-0.2, -0.15) is 0 Å². The Labute approximate surface area is 126 Å². The molecule has 21 heavy (non-hydrogen) atoms. The summed E-state index contributed by atoms with van der Waals surface area (Å²) < 4.78 is 0. The molecule has 0 aromatic heterocycles. The molecule has 3 rings (SSSR count). The van der Waals surface area contributed by atoms with Crippen molar-refractivity contribution < 1.29 is 4.79 Å². The van der Waals surface area contributed by atoms with Crippen LogP contribution in [0.4, 0.5) is 0 Å². The van der Waals surface area contributed by atoms with E-state index in [4.69, 9.17) is 0 Å². The molecule has 1 N–H and O–H groups in total. The zero-order valence-electron chi connectivity index (χ0n) is 12.6. The third-order valence-corrected chi connectivity index (χ3v) is 4.36. The Hall–Kier alpha value is -2.09. The number of hydrogen-bond acceptors (Lipinski definition) is 1. The Morgan fingerprint density at radius 2 is 1.86 bits per heavy atom. The van der Waals surface area contributed by atoms with Gasteiger partial charge in [-0.15, -0.1) is 0 Å². The molecule has 1 atom stereocenters. The molecule has 0 fully saturated rings. The minimum atomic E-state index is 0.00102. The second-order valence-electron chi connectivity index (χ2n) is 5.89. The van der Waals surface area contributed by atoms with Crippen molar-refractivity contribution in [3.8, 4) is 0 Å². The average molecular weight is 279 g/mol. The van der Waals surface area contributed by atoms with Crippen LogP contribution >= 0.6 is 0 Å². The summed E-state index contributed by atoms with van der Waals surface area (Å²) in [4.78, 5) is 12.4. The molecule has 0 unspecified atom stereocenters. The maximum absolute atomic E-state index is 12.4. The van der Waals surface area contributed by atoms with Gasteiger partial charge in [0.25, 0.3) is 5.91 Å². The summed E-state index contributed by atoms with van der Waals surface area (Å²) in [6, 6.07) is 14.3. The average Bonchev–Trinajstić information content (AvgIpc) is 2.94. The van der Waals surface area contributed by atoms with Crippen LogP contribution in [0.3, 0.4) is 0 Å². The van der Waals surface area contributed by atoms with E-state index < -0.39 is 0 Å². The number of benzene rings is 2. The van der Waals surface area contributed by atoms with E-state index in [1.54, 1.807) is 0 Å². The van der Waals surface area contributed by atoms with Crippen LogP contribution in [-0.4, -0.2) is 5.91 Å². The van der Waals surface area contributed by atoms with E-state index in [1.807, 2.05) is 38.1 Å². The highest BCUT2D eigenvalue weighted by molar-refractivity contribution is 5.95. The summed E-state index contributed by atoms with van der Waals surface area (Å²) in [5, 5.41) is 3.11. The second kappa shape index (κ2) is 5.72. The van der Waals surface area contributed by atoms with Crippen molar-refractivity contribution in [1.82, 2.24) is 5.32 Å². The van der Waals surface area contributed by atoms with Gasteiger partial charge >= 0.3 is 0 Å². The number of nitrogens with one attached hydrogen (secondary N) is 1. The molecule has 0 saturated carbocycles. The molecule has 0 radical (unpaired) electrons. The minimum Gasteiger partial charge on any atom is -0.346 e. The number of carbonyl (C=O) groups excluding carboxylic acids is 1. The molecule has 2 heteroatoms. The monoisotopic (exact) mass is 279 g/mol. The standard InChI is InChI=1S/C19H21NO/c1-13-6-3-4-9-18(13)19(21)20-14(2)16-11-10-15-7-5-8-17(15)12-16/h3-4,6,9-12,14H,5,7-8H2,1-2H3,(H,20,21)/t14-/m0/s1. The first-order valence-corrected chi connectivity index (χ1v) is 7.63. The fourth-order valence-corrected chi connectivity index (χ4v) is 3.05. The molecule has 1 aliphatic carbocycles. The third kappa shape index (κ3) is 2.85. The Balaban J connectivity index is 1.76. The van der Waals surface area contributed by atoms with Crippen LogP contribution in [0.2, 0.25) is 0 Å². The summed E-state index contributed by atoms with van der Waals surface area (Å²) in [7, 11) is 0. The van der Waals surface area contributed by atoms with Gasteiger partial charge in [0.1, 0.15) is 0 Å². The fourth-order valence-electron chi connectivity index (χ4n) is 3.05. The van der Waals surface area contributed by atoms with Gasteiger partial charge in [0.05, 0.1) is 6.04 Å². The Morgan fingerprint density at radius 1 is 1.10 bits per heavy atom. The number of rotatable bonds is 3. The van der Waals surface area contributed by atoms with Crippen molar-refractivity contribution >= 4 is 5.91 Å². The van der Waals surface area contributed by atoms with Crippen molar-refractivity contribution in [3.05, 3.63) is 70.3 Å². The lowest BCUT2D eigenvalue weighted by Gasteiger charge is -2.16. The number of hydrogen-bond donors (Lipinski definition) is 1. The first-order chi connectivity index (χ1) is 10.1. The van der Waals surface area contributed by atoms with Crippen LogP contribution < -0.4 is 5.32 Å². The minimum absolute atomic E-state index is 0.00102. The van der Waals surface area contributed by atoms with Crippen molar-refractivity contribution in [1.29, 1.82) is 0 Å². The zero-order chi connectivity index (χ0) is 14.8. The molecule has 0 aliphatic heterocycles. The summed E-state index contributed by atoms with van der Waals surface area (Å²) in [6.45, 7) is 4.02. The number of fused-ring (bicyclic) bond motifs is 1. The first-order valence-electron chi connectivity index (χ1n) is 7.63. The summed E-state index contributed by atoms with van der Waals surface area (Å²) >= 11 is 0. The van der Waals surface area contributed by atoms with Crippen LogP contribution in [0.15, 0.2) is 42.5 Å². The van der Waals surface area contributed by atoms with Gasteiger partial charge in [-0.1, -0.05) is 36.4 Å². The van der Waals surface area contributed by atoms with E-state index >= 15 is 0 Å². The highest BCUT2D eigenvalue weighted by atomic mass is 16.1. The maximum atomic E-state index is 12.4. The van der Waals surface area contributed by atoms with Gasteiger partial charge in [-0.3, -0.25) is 4.79 Å².